The first kappa shape index (κ1) is 22.6. The van der Waals surface area contributed by atoms with Gasteiger partial charge in [0.2, 0.25) is 0 Å². The maximum absolute atomic E-state index is 9.46. The van der Waals surface area contributed by atoms with E-state index in [0.29, 0.717) is 11.5 Å². The molecule has 0 aliphatic heterocycles. The van der Waals surface area contributed by atoms with E-state index in [1.54, 1.807) is 0 Å². The number of ether oxygens (including phenoxy) is 2. The SMILES string of the molecule is OCC(O)COc1ccc(C2(c3ccc(OCC(O)CO)cc3)CCCCC2)cc1. The van der Waals surface area contributed by atoms with Crippen LogP contribution in [0.2, 0.25) is 0 Å². The van der Waals surface area contributed by atoms with Gasteiger partial charge in [-0.3, -0.25) is 0 Å². The first-order valence-electron chi connectivity index (χ1n) is 10.6. The van der Waals surface area contributed by atoms with Gasteiger partial charge in [-0.15, -0.1) is 0 Å². The van der Waals surface area contributed by atoms with Crippen molar-refractivity contribution in [3.8, 4) is 11.5 Å². The van der Waals surface area contributed by atoms with E-state index in [0.717, 1.165) is 12.8 Å². The lowest BCUT2D eigenvalue weighted by atomic mass is 9.65. The van der Waals surface area contributed by atoms with Crippen LogP contribution in [0.3, 0.4) is 0 Å². The molecule has 4 N–H and O–H groups in total. The van der Waals surface area contributed by atoms with Crippen molar-refractivity contribution in [2.45, 2.75) is 49.7 Å². The molecule has 1 aliphatic carbocycles. The molecule has 0 aromatic heterocycles. The first-order valence-corrected chi connectivity index (χ1v) is 10.6. The summed E-state index contributed by atoms with van der Waals surface area (Å²) in [5.74, 6) is 1.34. The van der Waals surface area contributed by atoms with Gasteiger partial charge in [0, 0.05) is 5.41 Å². The van der Waals surface area contributed by atoms with E-state index in [1.165, 1.54) is 30.4 Å². The second-order valence-corrected chi connectivity index (χ2v) is 7.99. The highest BCUT2D eigenvalue weighted by Gasteiger charge is 2.35. The molecule has 1 saturated carbocycles. The van der Waals surface area contributed by atoms with Crippen LogP contribution < -0.4 is 9.47 Å². The summed E-state index contributed by atoms with van der Waals surface area (Å²) >= 11 is 0. The molecule has 0 amide bonds. The molecule has 1 fully saturated rings. The third-order valence-corrected chi connectivity index (χ3v) is 5.83. The number of rotatable bonds is 10. The minimum atomic E-state index is -0.881. The van der Waals surface area contributed by atoms with Crippen LogP contribution in [-0.4, -0.2) is 59.1 Å². The Balaban J connectivity index is 1.77. The van der Waals surface area contributed by atoms with Gasteiger partial charge >= 0.3 is 0 Å². The van der Waals surface area contributed by atoms with E-state index in [1.807, 2.05) is 24.3 Å². The zero-order chi connectivity index (χ0) is 21.4. The Morgan fingerprint density at radius 1 is 0.667 bits per heavy atom. The molecular weight excluding hydrogens is 384 g/mol. The predicted octanol–water partition coefficient (Wildman–Crippen LogP) is 2.40. The normalized spacial score (nSPS) is 17.9. The Morgan fingerprint density at radius 3 is 1.43 bits per heavy atom. The highest BCUT2D eigenvalue weighted by molar-refractivity contribution is 5.43. The molecule has 3 rings (SSSR count). The zero-order valence-electron chi connectivity index (χ0n) is 17.2. The van der Waals surface area contributed by atoms with Crippen LogP contribution in [-0.2, 0) is 5.41 Å². The maximum atomic E-state index is 9.46. The number of hydrogen-bond acceptors (Lipinski definition) is 6. The first-order chi connectivity index (χ1) is 14.6. The average Bonchev–Trinajstić information content (AvgIpc) is 2.82. The fourth-order valence-corrected chi connectivity index (χ4v) is 4.13. The zero-order valence-corrected chi connectivity index (χ0v) is 17.2. The molecule has 2 unspecified atom stereocenters. The lowest BCUT2D eigenvalue weighted by Crippen LogP contribution is -2.30. The number of hydrogen-bond donors (Lipinski definition) is 4. The minimum Gasteiger partial charge on any atom is -0.491 e. The molecule has 2 atom stereocenters. The van der Waals surface area contributed by atoms with Crippen molar-refractivity contribution in [1.29, 1.82) is 0 Å². The molecule has 0 radical (unpaired) electrons. The Morgan fingerprint density at radius 2 is 1.07 bits per heavy atom. The fraction of sp³-hybridized carbons (Fsp3) is 0.500. The Kier molecular flexibility index (Phi) is 8.10. The summed E-state index contributed by atoms with van der Waals surface area (Å²) in [6, 6.07) is 16.0. The van der Waals surface area contributed by atoms with Crippen LogP contribution in [0.5, 0.6) is 11.5 Å². The van der Waals surface area contributed by atoms with Crippen molar-refractivity contribution in [2.24, 2.45) is 0 Å². The number of aliphatic hydroxyl groups excluding tert-OH is 4. The summed E-state index contributed by atoms with van der Waals surface area (Å²) in [5, 5.41) is 36.8. The molecule has 6 heteroatoms. The van der Waals surface area contributed by atoms with Gasteiger partial charge in [-0.1, -0.05) is 43.5 Å². The van der Waals surface area contributed by atoms with E-state index in [2.05, 4.69) is 24.3 Å². The quantitative estimate of drug-likeness (QED) is 0.475. The van der Waals surface area contributed by atoms with Crippen LogP contribution in [0, 0.1) is 0 Å². The van der Waals surface area contributed by atoms with Gasteiger partial charge in [0.25, 0.3) is 0 Å². The summed E-state index contributed by atoms with van der Waals surface area (Å²) in [5.41, 5.74) is 2.41. The molecule has 30 heavy (non-hydrogen) atoms. The van der Waals surface area contributed by atoms with Crippen LogP contribution in [0.25, 0.3) is 0 Å². The van der Waals surface area contributed by atoms with E-state index in [-0.39, 0.29) is 31.8 Å². The lowest BCUT2D eigenvalue weighted by molar-refractivity contribution is 0.0536. The third kappa shape index (κ3) is 5.52. The smallest absolute Gasteiger partial charge is 0.119 e. The summed E-state index contributed by atoms with van der Waals surface area (Å²) in [6.07, 6.45) is 3.95. The molecule has 2 aromatic carbocycles. The van der Waals surface area contributed by atoms with Gasteiger partial charge in [-0.25, -0.2) is 0 Å². The highest BCUT2D eigenvalue weighted by Crippen LogP contribution is 2.45. The molecule has 6 nitrogen and oxygen atoms in total. The van der Waals surface area contributed by atoms with Crippen molar-refractivity contribution in [3.05, 3.63) is 59.7 Å². The Hall–Kier alpha value is -2.12. The molecule has 2 aromatic rings. The van der Waals surface area contributed by atoms with Crippen LogP contribution >= 0.6 is 0 Å². The van der Waals surface area contributed by atoms with Gasteiger partial charge in [-0.05, 0) is 48.2 Å². The molecule has 0 saturated heterocycles. The van der Waals surface area contributed by atoms with Crippen LogP contribution in [0.4, 0.5) is 0 Å². The molecule has 0 bridgehead atoms. The summed E-state index contributed by atoms with van der Waals surface area (Å²) < 4.78 is 11.1. The molecular formula is C24H32O6. The number of aliphatic hydroxyl groups is 4. The summed E-state index contributed by atoms with van der Waals surface area (Å²) in [6.45, 7) is -0.513. The fourth-order valence-electron chi connectivity index (χ4n) is 4.13. The monoisotopic (exact) mass is 416 g/mol. The second kappa shape index (κ2) is 10.8. The van der Waals surface area contributed by atoms with Gasteiger partial charge < -0.3 is 29.9 Å². The summed E-state index contributed by atoms with van der Waals surface area (Å²) in [7, 11) is 0. The maximum Gasteiger partial charge on any atom is 0.119 e. The molecule has 164 valence electrons. The molecule has 1 aliphatic rings. The van der Waals surface area contributed by atoms with E-state index >= 15 is 0 Å². The largest absolute Gasteiger partial charge is 0.491 e. The lowest BCUT2D eigenvalue weighted by Gasteiger charge is -2.38. The summed E-state index contributed by atoms with van der Waals surface area (Å²) in [4.78, 5) is 0. The van der Waals surface area contributed by atoms with Crippen molar-refractivity contribution < 1.29 is 29.9 Å². The minimum absolute atomic E-state index is 0.0629. The predicted molar refractivity (Wildman–Crippen MR) is 114 cm³/mol. The second-order valence-electron chi connectivity index (χ2n) is 7.99. The van der Waals surface area contributed by atoms with Crippen molar-refractivity contribution in [3.63, 3.8) is 0 Å². The highest BCUT2D eigenvalue weighted by atomic mass is 16.5. The molecule has 0 heterocycles. The van der Waals surface area contributed by atoms with E-state index in [4.69, 9.17) is 19.7 Å². The van der Waals surface area contributed by atoms with Crippen molar-refractivity contribution in [1.82, 2.24) is 0 Å². The van der Waals surface area contributed by atoms with Crippen LogP contribution in [0.15, 0.2) is 48.5 Å². The Bertz CT molecular complexity index is 693. The van der Waals surface area contributed by atoms with Crippen LogP contribution in [0.1, 0.15) is 43.2 Å². The molecule has 0 spiro atoms. The Labute approximate surface area is 177 Å². The number of benzene rings is 2. The van der Waals surface area contributed by atoms with Crippen molar-refractivity contribution in [2.75, 3.05) is 26.4 Å². The topological polar surface area (TPSA) is 99.4 Å². The van der Waals surface area contributed by atoms with Crippen molar-refractivity contribution >= 4 is 0 Å². The third-order valence-electron chi connectivity index (χ3n) is 5.83. The van der Waals surface area contributed by atoms with Gasteiger partial charge in [0.1, 0.15) is 36.9 Å². The van der Waals surface area contributed by atoms with E-state index < -0.39 is 12.2 Å². The van der Waals surface area contributed by atoms with Gasteiger partial charge in [0.05, 0.1) is 13.2 Å². The average molecular weight is 417 g/mol. The standard InChI is InChI=1S/C24H32O6/c25-14-20(27)16-29-22-8-4-18(5-9-22)24(12-2-1-3-13-24)19-6-10-23(11-7-19)30-17-21(28)15-26/h4-11,20-21,25-28H,1-3,12-17H2. The van der Waals surface area contributed by atoms with Gasteiger partial charge in [-0.2, -0.15) is 0 Å². The van der Waals surface area contributed by atoms with E-state index in [9.17, 15) is 10.2 Å². The van der Waals surface area contributed by atoms with Gasteiger partial charge in [0.15, 0.2) is 0 Å².